The average Bonchev–Trinajstić information content (AvgIpc) is 2.92. The molecule has 2 aliphatic rings. The number of aromatic nitrogens is 3. The van der Waals surface area contributed by atoms with Crippen molar-refractivity contribution >= 4 is 11.6 Å². The van der Waals surface area contributed by atoms with E-state index in [1.807, 2.05) is 30.4 Å². The van der Waals surface area contributed by atoms with Gasteiger partial charge in [-0.2, -0.15) is 0 Å². The minimum atomic E-state index is -0.529. The lowest BCUT2D eigenvalue weighted by Crippen LogP contribution is -2.38. The molecule has 6 bridgehead atoms. The molecule has 3 aromatic rings. The lowest BCUT2D eigenvalue weighted by Gasteiger charge is -2.26. The summed E-state index contributed by atoms with van der Waals surface area (Å²) >= 11 is 0. The predicted molar refractivity (Wildman–Crippen MR) is 137 cm³/mol. The third kappa shape index (κ3) is 7.00. The highest BCUT2D eigenvalue weighted by atomic mass is 19.1. The van der Waals surface area contributed by atoms with Gasteiger partial charge in [-0.15, -0.1) is 0 Å². The van der Waals surface area contributed by atoms with Crippen molar-refractivity contribution in [1.82, 2.24) is 19.9 Å². The van der Waals surface area contributed by atoms with Crippen molar-refractivity contribution in [3.8, 4) is 22.9 Å². The first-order valence-electron chi connectivity index (χ1n) is 12.4. The molecule has 194 valence electrons. The molecule has 0 unspecified atom stereocenters. The number of ether oxygens (including phenoxy) is 4. The van der Waals surface area contributed by atoms with Crippen LogP contribution in [0.5, 0.6) is 11.6 Å². The van der Waals surface area contributed by atoms with Crippen molar-refractivity contribution in [2.24, 2.45) is 0 Å². The molecule has 2 aromatic heterocycles. The van der Waals surface area contributed by atoms with E-state index < -0.39 is 5.82 Å². The summed E-state index contributed by atoms with van der Waals surface area (Å²) < 4.78 is 37.8. The van der Waals surface area contributed by atoms with E-state index >= 15 is 0 Å². The van der Waals surface area contributed by atoms with Gasteiger partial charge in [-0.25, -0.2) is 19.3 Å². The lowest BCUT2D eigenvalue weighted by atomic mass is 10.1. The molecule has 0 atom stereocenters. The molecular weight excluding hydrogens is 477 g/mol. The van der Waals surface area contributed by atoms with Gasteiger partial charge in [-0.05, 0) is 30.7 Å². The maximum Gasteiger partial charge on any atom is 0.227 e. The third-order valence-electron chi connectivity index (χ3n) is 6.01. The molecule has 0 radical (unpaired) electrons. The Bertz CT molecular complexity index is 1220. The average molecular weight is 508 g/mol. The molecule has 0 amide bonds. The minimum absolute atomic E-state index is 0.164. The number of anilines is 2. The molecule has 37 heavy (non-hydrogen) atoms. The summed E-state index contributed by atoms with van der Waals surface area (Å²) in [6.45, 7) is 6.02. The number of morpholine rings is 1. The number of fused-ring (bicyclic) bond motifs is 7. The number of halogens is 1. The Morgan fingerprint density at radius 2 is 1.95 bits per heavy atom. The fourth-order valence-electron chi connectivity index (χ4n) is 4.07. The van der Waals surface area contributed by atoms with E-state index in [1.54, 1.807) is 18.3 Å². The molecular formula is C27H30FN5O4. The normalized spacial score (nSPS) is 17.5. The number of benzene rings is 1. The lowest BCUT2D eigenvalue weighted by molar-refractivity contribution is 0.0320. The number of nitrogens with one attached hydrogen (secondary N) is 1. The van der Waals surface area contributed by atoms with Crippen LogP contribution < -0.4 is 14.8 Å². The van der Waals surface area contributed by atoms with Gasteiger partial charge >= 0.3 is 0 Å². The number of pyridine rings is 1. The van der Waals surface area contributed by atoms with Crippen LogP contribution >= 0.6 is 0 Å². The zero-order chi connectivity index (χ0) is 25.3. The smallest absolute Gasteiger partial charge is 0.227 e. The molecule has 1 fully saturated rings. The molecule has 1 aromatic carbocycles. The van der Waals surface area contributed by atoms with E-state index in [9.17, 15) is 4.39 Å². The first kappa shape index (κ1) is 25.1. The Kier molecular flexibility index (Phi) is 8.52. The van der Waals surface area contributed by atoms with Crippen LogP contribution in [-0.2, 0) is 16.1 Å². The van der Waals surface area contributed by atoms with Gasteiger partial charge < -0.3 is 24.3 Å². The Morgan fingerprint density at radius 1 is 1.03 bits per heavy atom. The molecule has 0 saturated carbocycles. The van der Waals surface area contributed by atoms with Crippen molar-refractivity contribution in [1.29, 1.82) is 0 Å². The van der Waals surface area contributed by atoms with Crippen LogP contribution in [0.3, 0.4) is 0 Å². The van der Waals surface area contributed by atoms with Gasteiger partial charge in [0.25, 0.3) is 0 Å². The molecule has 2 aliphatic heterocycles. The second kappa shape index (κ2) is 12.6. The molecule has 10 heteroatoms. The van der Waals surface area contributed by atoms with E-state index in [0.717, 1.165) is 56.0 Å². The van der Waals surface area contributed by atoms with E-state index in [-0.39, 0.29) is 11.6 Å². The van der Waals surface area contributed by atoms with Crippen LogP contribution in [0.2, 0.25) is 0 Å². The van der Waals surface area contributed by atoms with Gasteiger partial charge in [0.05, 0.1) is 39.2 Å². The number of nitrogens with zero attached hydrogens (tertiary/aromatic N) is 4. The first-order chi connectivity index (χ1) is 18.2. The Hall–Kier alpha value is -3.60. The van der Waals surface area contributed by atoms with Gasteiger partial charge in [0, 0.05) is 48.7 Å². The molecule has 9 nitrogen and oxygen atoms in total. The van der Waals surface area contributed by atoms with Gasteiger partial charge in [0.15, 0.2) is 5.82 Å². The van der Waals surface area contributed by atoms with Crippen LogP contribution in [0.4, 0.5) is 16.0 Å². The van der Waals surface area contributed by atoms with E-state index in [0.29, 0.717) is 44.3 Å². The fraction of sp³-hybridized carbons (Fsp3) is 0.370. The van der Waals surface area contributed by atoms with Crippen molar-refractivity contribution < 1.29 is 23.3 Å². The van der Waals surface area contributed by atoms with E-state index in [1.165, 1.54) is 0 Å². The predicted octanol–water partition coefficient (Wildman–Crippen LogP) is 3.99. The van der Waals surface area contributed by atoms with Crippen LogP contribution in [0, 0.1) is 5.82 Å². The van der Waals surface area contributed by atoms with Crippen LogP contribution in [0.1, 0.15) is 12.0 Å². The molecule has 1 saturated heterocycles. The largest absolute Gasteiger partial charge is 0.492 e. The Labute approximate surface area is 215 Å². The molecule has 5 rings (SSSR count). The standard InChI is InChI=1S/C27H30FN5O4/c28-23-18-30-27-31-22-4-5-24(36-15-10-33-8-13-34-14-9-33)21(16-22)19-35-11-2-1-3-12-37-25-17-20(6-7-29-25)26(23)32-27/h1-2,4-7,16-18H,3,8-15,19H2,(H,30,31,32)/b2-1+. The molecule has 0 spiro atoms. The summed E-state index contributed by atoms with van der Waals surface area (Å²) in [6, 6.07) is 9.11. The van der Waals surface area contributed by atoms with Crippen LogP contribution in [-0.4, -0.2) is 72.5 Å². The molecule has 0 aliphatic carbocycles. The first-order valence-corrected chi connectivity index (χ1v) is 12.4. The van der Waals surface area contributed by atoms with Gasteiger partial charge in [0.1, 0.15) is 18.1 Å². The topological polar surface area (TPSA) is 90.9 Å². The van der Waals surface area contributed by atoms with Gasteiger partial charge in [0.2, 0.25) is 11.8 Å². The Morgan fingerprint density at radius 3 is 2.86 bits per heavy atom. The second-order valence-corrected chi connectivity index (χ2v) is 8.65. The summed E-state index contributed by atoms with van der Waals surface area (Å²) in [7, 11) is 0. The van der Waals surface area contributed by atoms with Crippen LogP contribution in [0.15, 0.2) is 54.9 Å². The number of rotatable bonds is 4. The minimum Gasteiger partial charge on any atom is -0.492 e. The van der Waals surface area contributed by atoms with Crippen LogP contribution in [0.25, 0.3) is 11.3 Å². The summed E-state index contributed by atoms with van der Waals surface area (Å²) in [5.74, 6) is 0.908. The third-order valence-corrected chi connectivity index (χ3v) is 6.01. The van der Waals surface area contributed by atoms with Crippen molar-refractivity contribution in [3.63, 3.8) is 0 Å². The van der Waals surface area contributed by atoms with E-state index in [4.69, 9.17) is 18.9 Å². The zero-order valence-electron chi connectivity index (χ0n) is 20.6. The molecule has 4 heterocycles. The highest BCUT2D eigenvalue weighted by molar-refractivity contribution is 5.64. The Balaban J connectivity index is 1.37. The second-order valence-electron chi connectivity index (χ2n) is 8.65. The van der Waals surface area contributed by atoms with Gasteiger partial charge in [-0.1, -0.05) is 12.2 Å². The molecule has 1 N–H and O–H groups in total. The van der Waals surface area contributed by atoms with E-state index in [2.05, 4.69) is 25.2 Å². The summed E-state index contributed by atoms with van der Waals surface area (Å²) in [4.78, 5) is 15.1. The zero-order valence-corrected chi connectivity index (χ0v) is 20.6. The van der Waals surface area contributed by atoms with Crippen molar-refractivity contribution in [2.45, 2.75) is 13.0 Å². The van der Waals surface area contributed by atoms with Crippen molar-refractivity contribution in [3.05, 3.63) is 66.3 Å². The number of hydrogen-bond donors (Lipinski definition) is 1. The highest BCUT2D eigenvalue weighted by Gasteiger charge is 2.14. The fourth-order valence-corrected chi connectivity index (χ4v) is 4.07. The summed E-state index contributed by atoms with van der Waals surface area (Å²) in [5.41, 5.74) is 2.36. The maximum absolute atomic E-state index is 14.6. The number of hydrogen-bond acceptors (Lipinski definition) is 9. The monoisotopic (exact) mass is 507 g/mol. The SMILES string of the molecule is Fc1cnc2nc1-c1ccnc(c1)OCC/C=C/COCc1cc(ccc1OCCN1CCOCC1)N2. The highest BCUT2D eigenvalue weighted by Crippen LogP contribution is 2.28. The quantitative estimate of drug-likeness (QED) is 0.527. The van der Waals surface area contributed by atoms with Crippen molar-refractivity contribution in [2.75, 3.05) is 58.0 Å². The van der Waals surface area contributed by atoms with Gasteiger partial charge in [-0.3, -0.25) is 4.90 Å². The maximum atomic E-state index is 14.6. The summed E-state index contributed by atoms with van der Waals surface area (Å²) in [5, 5.41) is 3.18. The summed E-state index contributed by atoms with van der Waals surface area (Å²) in [6.07, 6.45) is 7.39.